The number of hydrogen-bond donors (Lipinski definition) is 1. The Balaban J connectivity index is 2.82. The van der Waals surface area contributed by atoms with Gasteiger partial charge in [-0.25, -0.2) is 4.98 Å². The van der Waals surface area contributed by atoms with Gasteiger partial charge in [0.05, 0.1) is 19.9 Å². The topological polar surface area (TPSA) is 68.7 Å². The highest BCUT2D eigenvalue weighted by Crippen LogP contribution is 2.25. The molecule has 1 rings (SSSR count). The summed E-state index contributed by atoms with van der Waals surface area (Å²) in [6.45, 7) is -0.0281. The molecular formula is C7H9ClNO4P. The van der Waals surface area contributed by atoms with E-state index in [-0.39, 0.29) is 11.8 Å². The maximum absolute atomic E-state index is 10.3. The van der Waals surface area contributed by atoms with Gasteiger partial charge in [0, 0.05) is 5.56 Å². The Morgan fingerprint density at radius 1 is 1.71 bits per heavy atom. The second-order valence-corrected chi connectivity index (χ2v) is 3.58. The maximum Gasteiger partial charge on any atom is 0.316 e. The lowest BCUT2D eigenvalue weighted by Gasteiger charge is -2.07. The number of hydrogen-bond acceptors (Lipinski definition) is 4. The summed E-state index contributed by atoms with van der Waals surface area (Å²) in [5.74, 6) is 0.470. The van der Waals surface area contributed by atoms with Gasteiger partial charge in [-0.15, -0.1) is 0 Å². The summed E-state index contributed by atoms with van der Waals surface area (Å²) in [5.41, 5.74) is 0.583. The van der Waals surface area contributed by atoms with Crippen molar-refractivity contribution < 1.29 is 18.7 Å². The molecule has 0 saturated carbocycles. The Bertz CT molecular complexity index is 346. The Labute approximate surface area is 86.6 Å². The van der Waals surface area contributed by atoms with Crippen LogP contribution in [0.25, 0.3) is 0 Å². The van der Waals surface area contributed by atoms with Gasteiger partial charge in [0.2, 0.25) is 0 Å². The van der Waals surface area contributed by atoms with Crippen molar-refractivity contribution in [3.05, 3.63) is 23.0 Å². The van der Waals surface area contributed by atoms with Gasteiger partial charge in [-0.05, 0) is 6.07 Å². The van der Waals surface area contributed by atoms with Crippen LogP contribution in [0.1, 0.15) is 5.56 Å². The molecule has 78 valence electrons. The minimum absolute atomic E-state index is 0.0281. The molecule has 1 aromatic rings. The standard InChI is InChI=1S/C7H9ClNO4P/c1-12-6-3-9-7(8)2-5(6)4-13-14(10)11/h2-3,14H,4H2,1H3,(H,10,11). The molecule has 0 aliphatic heterocycles. The van der Waals surface area contributed by atoms with Gasteiger partial charge in [0.15, 0.2) is 0 Å². The average Bonchev–Trinajstić information content (AvgIpc) is 2.15. The molecule has 0 spiro atoms. The van der Waals surface area contributed by atoms with Gasteiger partial charge >= 0.3 is 8.25 Å². The molecule has 0 aliphatic rings. The molecule has 0 saturated heterocycles. The van der Waals surface area contributed by atoms with Crippen LogP contribution in [-0.4, -0.2) is 17.0 Å². The minimum Gasteiger partial charge on any atom is -0.495 e. The minimum atomic E-state index is -2.94. The second-order valence-electron chi connectivity index (χ2n) is 2.37. The number of nitrogens with zero attached hydrogens (tertiary/aromatic N) is 1. The van der Waals surface area contributed by atoms with Gasteiger partial charge < -0.3 is 14.2 Å². The lowest BCUT2D eigenvalue weighted by Crippen LogP contribution is -1.94. The van der Waals surface area contributed by atoms with Crippen LogP contribution in [0, 0.1) is 0 Å². The monoisotopic (exact) mass is 237 g/mol. The third-order valence-electron chi connectivity index (χ3n) is 1.49. The van der Waals surface area contributed by atoms with E-state index in [1.165, 1.54) is 19.4 Å². The molecule has 0 radical (unpaired) electrons. The molecular weight excluding hydrogens is 229 g/mol. The van der Waals surface area contributed by atoms with Crippen molar-refractivity contribution in [2.45, 2.75) is 6.61 Å². The van der Waals surface area contributed by atoms with E-state index in [1.54, 1.807) is 0 Å². The predicted molar refractivity (Wildman–Crippen MR) is 51.8 cm³/mol. The molecule has 7 heteroatoms. The van der Waals surface area contributed by atoms with E-state index in [1.807, 2.05) is 0 Å². The van der Waals surface area contributed by atoms with Gasteiger partial charge in [-0.1, -0.05) is 11.6 Å². The molecule has 14 heavy (non-hydrogen) atoms. The summed E-state index contributed by atoms with van der Waals surface area (Å²) in [7, 11) is -1.47. The number of rotatable bonds is 4. The highest BCUT2D eigenvalue weighted by atomic mass is 35.5. The molecule has 1 aromatic heterocycles. The van der Waals surface area contributed by atoms with E-state index >= 15 is 0 Å². The van der Waals surface area contributed by atoms with E-state index in [9.17, 15) is 4.57 Å². The zero-order valence-electron chi connectivity index (χ0n) is 7.36. The van der Waals surface area contributed by atoms with E-state index < -0.39 is 8.25 Å². The predicted octanol–water partition coefficient (Wildman–Crippen LogP) is 1.64. The number of methoxy groups -OCH3 is 1. The molecule has 1 unspecified atom stereocenters. The largest absolute Gasteiger partial charge is 0.495 e. The highest BCUT2D eigenvalue weighted by Gasteiger charge is 2.05. The molecule has 0 bridgehead atoms. The lowest BCUT2D eigenvalue weighted by molar-refractivity contribution is 0.267. The van der Waals surface area contributed by atoms with Crippen molar-refractivity contribution in [3.8, 4) is 5.75 Å². The number of aromatic nitrogens is 1. The van der Waals surface area contributed by atoms with Crippen LogP contribution in [0.4, 0.5) is 0 Å². The van der Waals surface area contributed by atoms with E-state index in [4.69, 9.17) is 21.2 Å². The molecule has 0 aliphatic carbocycles. The summed E-state index contributed by atoms with van der Waals surface area (Å²) in [5, 5.41) is 0.280. The highest BCUT2D eigenvalue weighted by molar-refractivity contribution is 7.32. The van der Waals surface area contributed by atoms with E-state index in [0.29, 0.717) is 11.3 Å². The normalized spacial score (nSPS) is 12.5. The fourth-order valence-corrected chi connectivity index (χ4v) is 1.35. The van der Waals surface area contributed by atoms with Crippen LogP contribution in [-0.2, 0) is 15.7 Å². The SMILES string of the molecule is COc1cnc(Cl)cc1CO[PH](=O)O. The third kappa shape index (κ3) is 3.27. The second kappa shape index (κ2) is 5.32. The smallest absolute Gasteiger partial charge is 0.316 e. The number of halogens is 1. The van der Waals surface area contributed by atoms with Crippen LogP contribution in [0.5, 0.6) is 5.75 Å². The van der Waals surface area contributed by atoms with Crippen molar-refractivity contribution in [1.82, 2.24) is 4.98 Å². The first-order valence-electron chi connectivity index (χ1n) is 3.67. The lowest BCUT2D eigenvalue weighted by atomic mass is 10.3. The fraction of sp³-hybridized carbons (Fsp3) is 0.286. The number of pyridine rings is 1. The third-order valence-corrected chi connectivity index (χ3v) is 2.08. The van der Waals surface area contributed by atoms with Crippen LogP contribution in [0.3, 0.4) is 0 Å². The van der Waals surface area contributed by atoms with Crippen LogP contribution in [0.2, 0.25) is 5.15 Å². The van der Waals surface area contributed by atoms with Gasteiger partial charge in [-0.3, -0.25) is 4.57 Å². The molecule has 1 atom stereocenters. The average molecular weight is 238 g/mol. The summed E-state index contributed by atoms with van der Waals surface area (Å²) < 4.78 is 19.9. The van der Waals surface area contributed by atoms with Crippen molar-refractivity contribution in [2.75, 3.05) is 7.11 Å². The summed E-state index contributed by atoms with van der Waals surface area (Å²) in [4.78, 5) is 12.3. The molecule has 5 nitrogen and oxygen atoms in total. The van der Waals surface area contributed by atoms with Crippen molar-refractivity contribution in [2.24, 2.45) is 0 Å². The maximum atomic E-state index is 10.3. The van der Waals surface area contributed by atoms with E-state index in [0.717, 1.165) is 0 Å². The van der Waals surface area contributed by atoms with Crippen molar-refractivity contribution in [3.63, 3.8) is 0 Å². The first-order valence-corrected chi connectivity index (χ1v) is 5.31. The molecule has 0 fully saturated rings. The summed E-state index contributed by atoms with van der Waals surface area (Å²) in [6.07, 6.45) is 1.43. The first-order chi connectivity index (χ1) is 6.63. The van der Waals surface area contributed by atoms with Crippen LogP contribution >= 0.6 is 19.9 Å². The van der Waals surface area contributed by atoms with Crippen LogP contribution in [0.15, 0.2) is 12.3 Å². The van der Waals surface area contributed by atoms with Gasteiger partial charge in [-0.2, -0.15) is 0 Å². The summed E-state index contributed by atoms with van der Waals surface area (Å²) in [6, 6.07) is 1.52. The Morgan fingerprint density at radius 3 is 3.00 bits per heavy atom. The molecule has 1 heterocycles. The Morgan fingerprint density at radius 2 is 2.43 bits per heavy atom. The zero-order valence-corrected chi connectivity index (χ0v) is 9.11. The molecule has 1 N–H and O–H groups in total. The first kappa shape index (κ1) is 11.5. The fourth-order valence-electron chi connectivity index (χ4n) is 0.891. The summed E-state index contributed by atoms with van der Waals surface area (Å²) >= 11 is 5.63. The number of ether oxygens (including phenoxy) is 1. The van der Waals surface area contributed by atoms with Gasteiger partial charge in [0.1, 0.15) is 10.9 Å². The van der Waals surface area contributed by atoms with Gasteiger partial charge in [0.25, 0.3) is 0 Å². The quantitative estimate of drug-likeness (QED) is 0.637. The van der Waals surface area contributed by atoms with Crippen molar-refractivity contribution >= 4 is 19.9 Å². The zero-order chi connectivity index (χ0) is 10.6. The Kier molecular flexibility index (Phi) is 4.35. The molecule has 0 amide bonds. The molecule has 0 aromatic carbocycles. The van der Waals surface area contributed by atoms with Crippen LogP contribution < -0.4 is 4.74 Å². The Hall–Kier alpha value is -0.610. The van der Waals surface area contributed by atoms with Crippen molar-refractivity contribution in [1.29, 1.82) is 0 Å². The van der Waals surface area contributed by atoms with E-state index in [2.05, 4.69) is 9.51 Å².